The quantitative estimate of drug-likeness (QED) is 0.344. The number of carbonyl (C=O) groups is 2. The molecule has 0 bridgehead atoms. The Balaban J connectivity index is 1.58. The molecule has 1 saturated heterocycles. The Morgan fingerprint density at radius 3 is 2.50 bits per heavy atom. The highest BCUT2D eigenvalue weighted by Crippen LogP contribution is 2.35. The lowest BCUT2D eigenvalue weighted by atomic mass is 9.82. The second-order valence-corrected chi connectivity index (χ2v) is 13.9. The van der Waals surface area contributed by atoms with Gasteiger partial charge in [-0.3, -0.25) is 9.78 Å². The van der Waals surface area contributed by atoms with Gasteiger partial charge in [0.2, 0.25) is 15.9 Å². The van der Waals surface area contributed by atoms with Crippen LogP contribution in [-0.2, 0) is 26.0 Å². The van der Waals surface area contributed by atoms with E-state index in [-0.39, 0.29) is 40.9 Å². The first-order chi connectivity index (χ1) is 19.9. The van der Waals surface area contributed by atoms with E-state index in [2.05, 4.69) is 20.9 Å². The number of ether oxygens (including phenoxy) is 1. The Morgan fingerprint density at radius 1 is 1.19 bits per heavy atom. The number of aromatic nitrogens is 1. The second-order valence-electron chi connectivity index (χ2n) is 11.3. The third-order valence-corrected chi connectivity index (χ3v) is 10.7. The van der Waals surface area contributed by atoms with Gasteiger partial charge < -0.3 is 20.7 Å². The van der Waals surface area contributed by atoms with Crippen molar-refractivity contribution >= 4 is 39.3 Å². The summed E-state index contributed by atoms with van der Waals surface area (Å²) >= 11 is 6.08. The smallest absolute Gasteiger partial charge is 0.407 e. The number of carbonyl (C=O) groups excluding carboxylic acids is 2. The Kier molecular flexibility index (Phi) is 10.4. The van der Waals surface area contributed by atoms with Crippen molar-refractivity contribution in [3.05, 3.63) is 58.6 Å². The summed E-state index contributed by atoms with van der Waals surface area (Å²) in [5.41, 5.74) is 1.15. The summed E-state index contributed by atoms with van der Waals surface area (Å²) < 4.78 is 48.0. The highest BCUT2D eigenvalue weighted by Gasteiger charge is 2.45. The van der Waals surface area contributed by atoms with Gasteiger partial charge in [-0.1, -0.05) is 37.6 Å². The maximum atomic E-state index is 15.2. The number of rotatable bonds is 11. The molecule has 2 amide bonds. The molecule has 2 fully saturated rings. The van der Waals surface area contributed by atoms with E-state index in [1.165, 1.54) is 13.3 Å². The van der Waals surface area contributed by atoms with Gasteiger partial charge >= 0.3 is 6.09 Å². The standard InChI is InChI=1S/C29H39ClFN5O5S/c1-17(2)26(19-5-7-20(30)8-6-19)27(35-29(38)41-4)28(37)34-25-16-33-15-24(31)23(25)12-9-21-14-32-13-18(3)36(21)42(39,40)22-10-11-22/h5-8,15-18,21-22,26-27,32H,9-14H2,1-4H3,(H,34,37)(H,35,38)/t18-,21-,26?,27-/m0/s1. The fraction of sp³-hybridized carbons (Fsp3) is 0.552. The summed E-state index contributed by atoms with van der Waals surface area (Å²) in [5.74, 6) is -1.75. The van der Waals surface area contributed by atoms with Crippen LogP contribution in [0.25, 0.3) is 0 Å². The van der Waals surface area contributed by atoms with Gasteiger partial charge in [0.1, 0.15) is 11.9 Å². The average molecular weight is 624 g/mol. The fourth-order valence-electron chi connectivity index (χ4n) is 5.72. The van der Waals surface area contributed by atoms with Crippen LogP contribution in [0.4, 0.5) is 14.9 Å². The fourth-order valence-corrected chi connectivity index (χ4v) is 8.09. The number of nitrogens with one attached hydrogen (secondary N) is 3. The largest absolute Gasteiger partial charge is 0.453 e. The molecule has 42 heavy (non-hydrogen) atoms. The number of amides is 2. The molecule has 3 N–H and O–H groups in total. The third-order valence-electron chi connectivity index (χ3n) is 7.92. The minimum atomic E-state index is -3.45. The minimum absolute atomic E-state index is 0.0932. The van der Waals surface area contributed by atoms with E-state index in [9.17, 15) is 18.0 Å². The first-order valence-electron chi connectivity index (χ1n) is 14.2. The van der Waals surface area contributed by atoms with Crippen LogP contribution in [-0.4, -0.2) is 73.3 Å². The van der Waals surface area contributed by atoms with Crippen LogP contribution >= 0.6 is 11.6 Å². The maximum Gasteiger partial charge on any atom is 0.407 e. The van der Waals surface area contributed by atoms with Crippen LogP contribution in [0.5, 0.6) is 0 Å². The Labute approximate surface area is 251 Å². The summed E-state index contributed by atoms with van der Waals surface area (Å²) in [6.07, 6.45) is 3.47. The number of hydrogen-bond acceptors (Lipinski definition) is 7. The van der Waals surface area contributed by atoms with Gasteiger partial charge in [-0.05, 0) is 56.2 Å². The molecule has 2 heterocycles. The number of nitrogens with zero attached hydrogens (tertiary/aromatic N) is 2. The number of benzene rings is 1. The van der Waals surface area contributed by atoms with Crippen LogP contribution in [0.3, 0.4) is 0 Å². The summed E-state index contributed by atoms with van der Waals surface area (Å²) in [6, 6.07) is 5.35. The lowest BCUT2D eigenvalue weighted by Crippen LogP contribution is -2.59. The Morgan fingerprint density at radius 2 is 1.88 bits per heavy atom. The number of piperazine rings is 1. The predicted octanol–water partition coefficient (Wildman–Crippen LogP) is 4.06. The van der Waals surface area contributed by atoms with E-state index in [4.69, 9.17) is 16.3 Å². The lowest BCUT2D eigenvalue weighted by Gasteiger charge is -2.40. The normalized spacial score (nSPS) is 21.0. The van der Waals surface area contributed by atoms with Gasteiger partial charge in [0.25, 0.3) is 0 Å². The van der Waals surface area contributed by atoms with Gasteiger partial charge in [-0.15, -0.1) is 0 Å². The molecule has 1 aromatic heterocycles. The van der Waals surface area contributed by atoms with Crippen molar-refractivity contribution in [1.82, 2.24) is 19.9 Å². The molecule has 1 aliphatic carbocycles. The van der Waals surface area contributed by atoms with Crippen LogP contribution in [0.2, 0.25) is 5.02 Å². The SMILES string of the molecule is COC(=O)N[C@H](C(=O)Nc1cncc(F)c1CC[C@H]1CNC[C@H](C)N1S(=O)(=O)C1CC1)C(c1ccc(Cl)cc1)C(C)C. The number of hydrogen-bond donors (Lipinski definition) is 3. The van der Waals surface area contributed by atoms with Gasteiger partial charge in [-0.2, -0.15) is 4.31 Å². The number of anilines is 1. The molecule has 13 heteroatoms. The van der Waals surface area contributed by atoms with Crippen molar-refractivity contribution < 1.29 is 27.1 Å². The zero-order valence-corrected chi connectivity index (χ0v) is 25.8. The van der Waals surface area contributed by atoms with E-state index in [0.717, 1.165) is 11.8 Å². The molecule has 1 unspecified atom stereocenters. The van der Waals surface area contributed by atoms with E-state index < -0.39 is 39.8 Å². The first kappa shape index (κ1) is 32.1. The minimum Gasteiger partial charge on any atom is -0.453 e. The van der Waals surface area contributed by atoms with Crippen LogP contribution < -0.4 is 16.0 Å². The number of alkyl carbamates (subject to hydrolysis) is 1. The highest BCUT2D eigenvalue weighted by molar-refractivity contribution is 7.90. The molecule has 1 saturated carbocycles. The van der Waals surface area contributed by atoms with Crippen LogP contribution in [0, 0.1) is 11.7 Å². The average Bonchev–Trinajstić information content (AvgIpc) is 3.79. The molecule has 230 valence electrons. The topological polar surface area (TPSA) is 130 Å². The van der Waals surface area contributed by atoms with E-state index >= 15 is 4.39 Å². The molecule has 1 aromatic carbocycles. The number of sulfonamides is 1. The van der Waals surface area contributed by atoms with Gasteiger partial charge in [0.15, 0.2) is 0 Å². The first-order valence-corrected chi connectivity index (χ1v) is 16.1. The van der Waals surface area contributed by atoms with Crippen molar-refractivity contribution in [2.45, 2.75) is 75.7 Å². The molecule has 1 aliphatic heterocycles. The van der Waals surface area contributed by atoms with Gasteiger partial charge in [-0.25, -0.2) is 17.6 Å². The number of methoxy groups -OCH3 is 1. The Bertz CT molecular complexity index is 1370. The molecule has 10 nitrogen and oxygen atoms in total. The molecular formula is C29H39ClFN5O5S. The van der Waals surface area contributed by atoms with Crippen molar-refractivity contribution in [2.24, 2.45) is 5.92 Å². The number of pyridine rings is 1. The second kappa shape index (κ2) is 13.7. The summed E-state index contributed by atoms with van der Waals surface area (Å²) in [7, 11) is -2.24. The zero-order chi connectivity index (χ0) is 30.6. The van der Waals surface area contributed by atoms with E-state index in [1.54, 1.807) is 28.6 Å². The van der Waals surface area contributed by atoms with E-state index in [0.29, 0.717) is 37.4 Å². The molecular weight excluding hydrogens is 585 g/mol. The Hall–Kier alpha value is -2.80. The van der Waals surface area contributed by atoms with Crippen molar-refractivity contribution in [3.8, 4) is 0 Å². The summed E-state index contributed by atoms with van der Waals surface area (Å²) in [5, 5.41) is 8.89. The molecule has 2 aliphatic rings. The number of halogens is 2. The van der Waals surface area contributed by atoms with Gasteiger partial charge in [0, 0.05) is 41.7 Å². The molecule has 0 spiro atoms. The van der Waals surface area contributed by atoms with Crippen molar-refractivity contribution in [3.63, 3.8) is 0 Å². The summed E-state index contributed by atoms with van der Waals surface area (Å²) in [6.45, 7) is 6.72. The monoisotopic (exact) mass is 623 g/mol. The lowest BCUT2D eigenvalue weighted by molar-refractivity contribution is -0.118. The summed E-state index contributed by atoms with van der Waals surface area (Å²) in [4.78, 5) is 30.0. The maximum absolute atomic E-state index is 15.2. The van der Waals surface area contributed by atoms with Crippen molar-refractivity contribution in [1.29, 1.82) is 0 Å². The van der Waals surface area contributed by atoms with Crippen LogP contribution in [0.1, 0.15) is 57.1 Å². The molecule has 4 atom stereocenters. The molecule has 4 rings (SSSR count). The van der Waals surface area contributed by atoms with Gasteiger partial charge in [0.05, 0.1) is 30.4 Å². The molecule has 2 aromatic rings. The highest BCUT2D eigenvalue weighted by atomic mass is 35.5. The van der Waals surface area contributed by atoms with Crippen LogP contribution in [0.15, 0.2) is 36.7 Å². The van der Waals surface area contributed by atoms with E-state index in [1.807, 2.05) is 20.8 Å². The third kappa shape index (κ3) is 7.39. The van der Waals surface area contributed by atoms with Crippen molar-refractivity contribution in [2.75, 3.05) is 25.5 Å². The molecule has 0 radical (unpaired) electrons. The predicted molar refractivity (Wildman–Crippen MR) is 159 cm³/mol. The zero-order valence-electron chi connectivity index (χ0n) is 24.3.